The molecule has 0 spiro atoms. The van der Waals surface area contributed by atoms with Gasteiger partial charge in [0.1, 0.15) is 0 Å². The minimum absolute atomic E-state index is 0.00449. The zero-order chi connectivity index (χ0) is 12.5. The molecular formula is C13H14N2O2S. The van der Waals surface area contributed by atoms with E-state index >= 15 is 0 Å². The molecule has 1 atom stereocenters. The summed E-state index contributed by atoms with van der Waals surface area (Å²) < 4.78 is 1.24. The Kier molecular flexibility index (Phi) is 2.93. The van der Waals surface area contributed by atoms with Crippen molar-refractivity contribution in [1.29, 1.82) is 0 Å². The zero-order valence-corrected chi connectivity index (χ0v) is 10.6. The lowest BCUT2D eigenvalue weighted by Gasteiger charge is -2.12. The Morgan fingerprint density at radius 1 is 1.44 bits per heavy atom. The number of hydrogen-bond acceptors (Lipinski definition) is 3. The van der Waals surface area contributed by atoms with Crippen LogP contribution in [0, 0.1) is 0 Å². The first-order valence-corrected chi connectivity index (χ1v) is 6.80. The van der Waals surface area contributed by atoms with Crippen LogP contribution in [0.3, 0.4) is 0 Å². The summed E-state index contributed by atoms with van der Waals surface area (Å²) in [4.78, 5) is 13.4. The molecule has 2 heterocycles. The van der Waals surface area contributed by atoms with Crippen LogP contribution in [0.4, 0.5) is 4.79 Å². The fraction of sp³-hybridized carbons (Fsp3) is 0.308. The predicted molar refractivity (Wildman–Crippen MR) is 71.8 cm³/mol. The molecule has 1 aromatic heterocycles. The highest BCUT2D eigenvalue weighted by Gasteiger charge is 2.30. The number of carbonyl (C=O) groups is 1. The third-order valence-electron chi connectivity index (χ3n) is 3.24. The van der Waals surface area contributed by atoms with Crippen molar-refractivity contribution in [2.45, 2.75) is 6.04 Å². The quantitative estimate of drug-likeness (QED) is 0.888. The molecule has 0 aliphatic carbocycles. The van der Waals surface area contributed by atoms with Gasteiger partial charge in [-0.1, -0.05) is 18.2 Å². The zero-order valence-electron chi connectivity index (χ0n) is 9.80. The van der Waals surface area contributed by atoms with E-state index in [2.05, 4.69) is 22.8 Å². The van der Waals surface area contributed by atoms with Crippen molar-refractivity contribution in [3.63, 3.8) is 0 Å². The van der Waals surface area contributed by atoms with E-state index < -0.39 is 0 Å². The van der Waals surface area contributed by atoms with Crippen molar-refractivity contribution < 1.29 is 9.90 Å². The molecule has 18 heavy (non-hydrogen) atoms. The standard InChI is InChI=1S/C13H14N2O2S/c16-6-5-15-7-11(14-13(15)17)10-8-18-12-4-2-1-3-9(10)12/h1-4,8,11,16H,5-7H2,(H,14,17). The van der Waals surface area contributed by atoms with Gasteiger partial charge in [0.25, 0.3) is 0 Å². The van der Waals surface area contributed by atoms with Crippen LogP contribution in [-0.2, 0) is 0 Å². The summed E-state index contributed by atoms with van der Waals surface area (Å²) in [6, 6.07) is 8.15. The summed E-state index contributed by atoms with van der Waals surface area (Å²) in [5, 5.41) is 15.2. The van der Waals surface area contributed by atoms with Crippen LogP contribution in [0.15, 0.2) is 29.6 Å². The van der Waals surface area contributed by atoms with Crippen molar-refractivity contribution in [3.8, 4) is 0 Å². The maximum absolute atomic E-state index is 11.7. The average Bonchev–Trinajstić information content (AvgIpc) is 2.94. The third-order valence-corrected chi connectivity index (χ3v) is 4.23. The lowest BCUT2D eigenvalue weighted by atomic mass is 10.1. The summed E-state index contributed by atoms with van der Waals surface area (Å²) in [6.45, 7) is 1.02. The van der Waals surface area contributed by atoms with Gasteiger partial charge in [-0.2, -0.15) is 0 Å². The van der Waals surface area contributed by atoms with E-state index in [0.29, 0.717) is 13.1 Å². The highest BCUT2D eigenvalue weighted by Crippen LogP contribution is 2.32. The number of rotatable bonds is 3. The summed E-state index contributed by atoms with van der Waals surface area (Å²) in [5.41, 5.74) is 1.17. The molecule has 5 heteroatoms. The van der Waals surface area contributed by atoms with Crippen LogP contribution in [-0.4, -0.2) is 35.7 Å². The van der Waals surface area contributed by atoms with Gasteiger partial charge in [-0.3, -0.25) is 0 Å². The van der Waals surface area contributed by atoms with E-state index in [9.17, 15) is 4.79 Å². The van der Waals surface area contributed by atoms with Crippen LogP contribution in [0.1, 0.15) is 11.6 Å². The van der Waals surface area contributed by atoms with Gasteiger partial charge in [-0.15, -0.1) is 11.3 Å². The molecule has 2 N–H and O–H groups in total. The van der Waals surface area contributed by atoms with Crippen molar-refractivity contribution in [1.82, 2.24) is 10.2 Å². The lowest BCUT2D eigenvalue weighted by molar-refractivity contribution is 0.196. The topological polar surface area (TPSA) is 52.6 Å². The van der Waals surface area contributed by atoms with Gasteiger partial charge >= 0.3 is 6.03 Å². The molecule has 1 aliphatic heterocycles. The number of aliphatic hydroxyl groups excluding tert-OH is 1. The van der Waals surface area contributed by atoms with Gasteiger partial charge in [-0.05, 0) is 22.4 Å². The molecule has 2 aromatic rings. The molecule has 1 aromatic carbocycles. The maximum Gasteiger partial charge on any atom is 0.318 e. The van der Waals surface area contributed by atoms with Gasteiger partial charge < -0.3 is 15.3 Å². The molecule has 1 unspecified atom stereocenters. The number of β-amino-alcohol motifs (C(OH)–C–C–N with tert-alkyl or cyclic N) is 1. The van der Waals surface area contributed by atoms with Crippen LogP contribution < -0.4 is 5.32 Å². The molecule has 1 saturated heterocycles. The molecule has 2 amide bonds. The Balaban J connectivity index is 1.90. The monoisotopic (exact) mass is 262 g/mol. The summed E-state index contributed by atoms with van der Waals surface area (Å²) in [5.74, 6) is 0. The highest BCUT2D eigenvalue weighted by molar-refractivity contribution is 7.17. The highest BCUT2D eigenvalue weighted by atomic mass is 32.1. The number of fused-ring (bicyclic) bond motifs is 1. The van der Waals surface area contributed by atoms with Crippen molar-refractivity contribution in [3.05, 3.63) is 35.2 Å². The third kappa shape index (κ3) is 1.85. The van der Waals surface area contributed by atoms with Crippen LogP contribution in [0.25, 0.3) is 10.1 Å². The summed E-state index contributed by atoms with van der Waals surface area (Å²) in [7, 11) is 0. The van der Waals surface area contributed by atoms with E-state index in [1.54, 1.807) is 16.2 Å². The second kappa shape index (κ2) is 4.59. The molecule has 0 bridgehead atoms. The average molecular weight is 262 g/mol. The molecular weight excluding hydrogens is 248 g/mol. The number of amides is 2. The normalized spacial score (nSPS) is 19.5. The van der Waals surface area contributed by atoms with Gasteiger partial charge in [0, 0.05) is 17.8 Å². The Morgan fingerprint density at radius 3 is 3.11 bits per heavy atom. The van der Waals surface area contributed by atoms with Gasteiger partial charge in [0.15, 0.2) is 0 Å². The van der Waals surface area contributed by atoms with E-state index in [0.717, 1.165) is 0 Å². The smallest absolute Gasteiger partial charge is 0.318 e. The number of hydrogen-bond donors (Lipinski definition) is 2. The van der Waals surface area contributed by atoms with E-state index in [1.807, 2.05) is 12.1 Å². The predicted octanol–water partition coefficient (Wildman–Crippen LogP) is 1.96. The van der Waals surface area contributed by atoms with Crippen molar-refractivity contribution >= 4 is 27.5 Å². The number of nitrogens with one attached hydrogen (secondary N) is 1. The SMILES string of the molecule is O=C1NC(c2csc3ccccc23)CN1CCO. The van der Waals surface area contributed by atoms with E-state index in [-0.39, 0.29) is 18.7 Å². The molecule has 1 fully saturated rings. The van der Waals surface area contributed by atoms with E-state index in [1.165, 1.54) is 15.6 Å². The number of thiophene rings is 1. The molecule has 4 nitrogen and oxygen atoms in total. The fourth-order valence-electron chi connectivity index (χ4n) is 2.35. The van der Waals surface area contributed by atoms with Crippen molar-refractivity contribution in [2.75, 3.05) is 19.7 Å². The first-order valence-electron chi connectivity index (χ1n) is 5.92. The Bertz CT molecular complexity index is 581. The van der Waals surface area contributed by atoms with Crippen LogP contribution >= 0.6 is 11.3 Å². The number of urea groups is 1. The maximum atomic E-state index is 11.7. The molecule has 0 radical (unpaired) electrons. The minimum Gasteiger partial charge on any atom is -0.395 e. The number of nitrogens with zero attached hydrogens (tertiary/aromatic N) is 1. The lowest BCUT2D eigenvalue weighted by Crippen LogP contribution is -2.30. The second-order valence-corrected chi connectivity index (χ2v) is 5.27. The minimum atomic E-state index is -0.0932. The fourth-order valence-corrected chi connectivity index (χ4v) is 3.36. The number of carbonyl (C=O) groups excluding carboxylic acids is 1. The first kappa shape index (κ1) is 11.5. The van der Waals surface area contributed by atoms with E-state index in [4.69, 9.17) is 5.11 Å². The van der Waals surface area contributed by atoms with Gasteiger partial charge in [0.05, 0.1) is 12.6 Å². The Labute approximate surface area is 109 Å². The largest absolute Gasteiger partial charge is 0.395 e. The molecule has 1 aliphatic rings. The molecule has 94 valence electrons. The Hall–Kier alpha value is -1.59. The number of benzene rings is 1. The molecule has 3 rings (SSSR count). The van der Waals surface area contributed by atoms with Crippen LogP contribution in [0.2, 0.25) is 0 Å². The molecule has 0 saturated carbocycles. The van der Waals surface area contributed by atoms with Gasteiger partial charge in [-0.25, -0.2) is 4.79 Å². The first-order chi connectivity index (χ1) is 8.79. The van der Waals surface area contributed by atoms with Crippen molar-refractivity contribution in [2.24, 2.45) is 0 Å². The Morgan fingerprint density at radius 2 is 2.28 bits per heavy atom. The number of aliphatic hydroxyl groups is 1. The summed E-state index contributed by atoms with van der Waals surface area (Å²) >= 11 is 1.70. The van der Waals surface area contributed by atoms with Crippen LogP contribution in [0.5, 0.6) is 0 Å². The summed E-state index contributed by atoms with van der Waals surface area (Å²) in [6.07, 6.45) is 0. The second-order valence-electron chi connectivity index (χ2n) is 4.36. The van der Waals surface area contributed by atoms with Gasteiger partial charge in [0.2, 0.25) is 0 Å².